The summed E-state index contributed by atoms with van der Waals surface area (Å²) in [6.07, 6.45) is 6.61. The molecule has 4 nitrogen and oxygen atoms in total. The first-order valence-electron chi connectivity index (χ1n) is 12.8. The van der Waals surface area contributed by atoms with Gasteiger partial charge in [-0.15, -0.1) is 0 Å². The summed E-state index contributed by atoms with van der Waals surface area (Å²) in [5, 5.41) is 4.53. The Hall–Kier alpha value is -3.37. The van der Waals surface area contributed by atoms with Crippen LogP contribution in [0.3, 0.4) is 0 Å². The number of aryl methyl sites for hydroxylation is 1. The van der Waals surface area contributed by atoms with E-state index in [0.29, 0.717) is 6.42 Å². The zero-order valence-electron chi connectivity index (χ0n) is 20.5. The summed E-state index contributed by atoms with van der Waals surface area (Å²) >= 11 is 0. The molecule has 1 aliphatic carbocycles. The highest BCUT2D eigenvalue weighted by atomic mass is 16.1. The average molecular weight is 466 g/mol. The SMILES string of the molecule is Cc1cccc(C(CC(=O)NC2CCC(N)CC2)c2cn(Cc3ccccc3)c3ccccc23)c1. The molecule has 3 aromatic carbocycles. The van der Waals surface area contributed by atoms with Gasteiger partial charge in [0.15, 0.2) is 0 Å². The van der Waals surface area contributed by atoms with Crippen LogP contribution in [0.4, 0.5) is 0 Å². The van der Waals surface area contributed by atoms with E-state index in [1.807, 2.05) is 0 Å². The van der Waals surface area contributed by atoms with Crippen LogP contribution in [-0.4, -0.2) is 22.6 Å². The number of carbonyl (C=O) groups is 1. The highest BCUT2D eigenvalue weighted by Crippen LogP contribution is 2.35. The lowest BCUT2D eigenvalue weighted by molar-refractivity contribution is -0.122. The fourth-order valence-corrected chi connectivity index (χ4v) is 5.49. The number of rotatable bonds is 7. The summed E-state index contributed by atoms with van der Waals surface area (Å²) in [4.78, 5) is 13.3. The van der Waals surface area contributed by atoms with Crippen molar-refractivity contribution in [2.45, 2.75) is 63.6 Å². The van der Waals surface area contributed by atoms with E-state index in [4.69, 9.17) is 5.73 Å². The number of nitrogens with two attached hydrogens (primary N) is 1. The van der Waals surface area contributed by atoms with Gasteiger partial charge in [0.25, 0.3) is 0 Å². The first-order chi connectivity index (χ1) is 17.1. The number of carbonyl (C=O) groups excluding carboxylic acids is 1. The second kappa shape index (κ2) is 10.5. The molecule has 4 heteroatoms. The van der Waals surface area contributed by atoms with Gasteiger partial charge in [-0.3, -0.25) is 4.79 Å². The van der Waals surface area contributed by atoms with Crippen LogP contribution in [0.1, 0.15) is 60.3 Å². The van der Waals surface area contributed by atoms with Crippen LogP contribution in [0.15, 0.2) is 85.1 Å². The molecule has 1 aliphatic rings. The van der Waals surface area contributed by atoms with Gasteiger partial charge in [0, 0.05) is 48.1 Å². The van der Waals surface area contributed by atoms with E-state index in [0.717, 1.165) is 32.2 Å². The van der Waals surface area contributed by atoms with Gasteiger partial charge in [-0.05, 0) is 55.4 Å². The topological polar surface area (TPSA) is 60.1 Å². The van der Waals surface area contributed by atoms with E-state index < -0.39 is 0 Å². The second-order valence-corrected chi connectivity index (χ2v) is 10.1. The number of benzene rings is 3. The van der Waals surface area contributed by atoms with Crippen molar-refractivity contribution < 1.29 is 4.79 Å². The predicted octanol–water partition coefficient (Wildman–Crippen LogP) is 5.91. The Kier molecular flexibility index (Phi) is 7.01. The zero-order chi connectivity index (χ0) is 24.2. The maximum Gasteiger partial charge on any atom is 0.221 e. The zero-order valence-corrected chi connectivity index (χ0v) is 20.5. The fourth-order valence-electron chi connectivity index (χ4n) is 5.49. The molecule has 1 atom stereocenters. The van der Waals surface area contributed by atoms with Crippen molar-refractivity contribution in [3.05, 3.63) is 107 Å². The number of para-hydroxylation sites is 1. The van der Waals surface area contributed by atoms with E-state index >= 15 is 0 Å². The number of aromatic nitrogens is 1. The number of hydrogen-bond acceptors (Lipinski definition) is 2. The maximum atomic E-state index is 13.3. The van der Waals surface area contributed by atoms with E-state index in [9.17, 15) is 4.79 Å². The molecule has 1 fully saturated rings. The molecule has 0 spiro atoms. The van der Waals surface area contributed by atoms with E-state index in [1.165, 1.54) is 33.2 Å². The lowest BCUT2D eigenvalue weighted by atomic mass is 9.86. The minimum atomic E-state index is -0.0114. The number of fused-ring (bicyclic) bond motifs is 1. The first kappa shape index (κ1) is 23.4. The van der Waals surface area contributed by atoms with Crippen LogP contribution in [0.5, 0.6) is 0 Å². The summed E-state index contributed by atoms with van der Waals surface area (Å²) in [5.41, 5.74) is 12.1. The number of nitrogens with zero attached hydrogens (tertiary/aromatic N) is 1. The van der Waals surface area contributed by atoms with Gasteiger partial charge in [0.05, 0.1) is 0 Å². The van der Waals surface area contributed by atoms with E-state index in [-0.39, 0.29) is 23.9 Å². The summed E-state index contributed by atoms with van der Waals surface area (Å²) in [7, 11) is 0. The minimum Gasteiger partial charge on any atom is -0.353 e. The smallest absolute Gasteiger partial charge is 0.221 e. The summed E-state index contributed by atoms with van der Waals surface area (Å²) in [5.74, 6) is 0.111. The Morgan fingerprint density at radius 1 is 0.971 bits per heavy atom. The predicted molar refractivity (Wildman–Crippen MR) is 143 cm³/mol. The summed E-state index contributed by atoms with van der Waals surface area (Å²) < 4.78 is 2.32. The molecule has 1 aromatic heterocycles. The maximum absolute atomic E-state index is 13.3. The first-order valence-corrected chi connectivity index (χ1v) is 12.8. The Bertz CT molecular complexity index is 1290. The van der Waals surface area contributed by atoms with Crippen LogP contribution < -0.4 is 11.1 Å². The molecular formula is C31H35N3O. The number of hydrogen-bond donors (Lipinski definition) is 2. The van der Waals surface area contributed by atoms with Crippen molar-refractivity contribution in [2.75, 3.05) is 0 Å². The lowest BCUT2D eigenvalue weighted by Gasteiger charge is -2.27. The van der Waals surface area contributed by atoms with E-state index in [2.05, 4.69) is 102 Å². The van der Waals surface area contributed by atoms with Crippen molar-refractivity contribution in [1.29, 1.82) is 0 Å². The third-order valence-electron chi connectivity index (χ3n) is 7.36. The Labute approximate surface area is 208 Å². The quantitative estimate of drug-likeness (QED) is 0.357. The van der Waals surface area contributed by atoms with Crippen LogP contribution in [-0.2, 0) is 11.3 Å². The molecule has 0 saturated heterocycles. The van der Waals surface area contributed by atoms with Crippen molar-refractivity contribution in [1.82, 2.24) is 9.88 Å². The second-order valence-electron chi connectivity index (χ2n) is 10.1. The molecule has 1 heterocycles. The molecule has 3 N–H and O–H groups in total. The van der Waals surface area contributed by atoms with Gasteiger partial charge < -0.3 is 15.6 Å². The number of nitrogens with one attached hydrogen (secondary N) is 1. The van der Waals surface area contributed by atoms with Gasteiger partial charge in [-0.25, -0.2) is 0 Å². The molecule has 0 aliphatic heterocycles. The normalized spacial score (nSPS) is 18.9. The Morgan fingerprint density at radius 3 is 2.49 bits per heavy atom. The third kappa shape index (κ3) is 5.49. The fraction of sp³-hybridized carbons (Fsp3) is 0.323. The van der Waals surface area contributed by atoms with Crippen LogP contribution in [0, 0.1) is 6.92 Å². The van der Waals surface area contributed by atoms with Crippen LogP contribution >= 0.6 is 0 Å². The van der Waals surface area contributed by atoms with Crippen molar-refractivity contribution in [3.63, 3.8) is 0 Å². The van der Waals surface area contributed by atoms with Crippen molar-refractivity contribution in [3.8, 4) is 0 Å². The average Bonchev–Trinajstić information content (AvgIpc) is 3.23. The molecular weight excluding hydrogens is 430 g/mol. The number of amides is 1. The van der Waals surface area contributed by atoms with Crippen molar-refractivity contribution >= 4 is 16.8 Å². The highest BCUT2D eigenvalue weighted by molar-refractivity contribution is 5.87. The van der Waals surface area contributed by atoms with Crippen LogP contribution in [0.25, 0.3) is 10.9 Å². The molecule has 4 aromatic rings. The summed E-state index contributed by atoms with van der Waals surface area (Å²) in [6.45, 7) is 2.92. The molecule has 5 rings (SSSR count). The lowest BCUT2D eigenvalue weighted by Crippen LogP contribution is -2.40. The molecule has 180 valence electrons. The van der Waals surface area contributed by atoms with Gasteiger partial charge in [0.1, 0.15) is 0 Å². The molecule has 1 unspecified atom stereocenters. The Morgan fingerprint density at radius 2 is 1.71 bits per heavy atom. The Balaban J connectivity index is 1.49. The van der Waals surface area contributed by atoms with Crippen molar-refractivity contribution in [2.24, 2.45) is 5.73 Å². The summed E-state index contributed by atoms with van der Waals surface area (Å²) in [6, 6.07) is 28.2. The van der Waals surface area contributed by atoms with Gasteiger partial charge in [-0.2, -0.15) is 0 Å². The molecule has 1 saturated carbocycles. The highest BCUT2D eigenvalue weighted by Gasteiger charge is 2.25. The standard InChI is InChI=1S/C31H35N3O/c1-22-8-7-11-24(18-22)28(19-31(35)33-26-16-14-25(32)15-17-26)29-21-34(20-23-9-3-2-4-10-23)30-13-6-5-12-27(29)30/h2-13,18,21,25-26,28H,14-17,19-20,32H2,1H3,(H,33,35). The largest absolute Gasteiger partial charge is 0.353 e. The van der Waals surface area contributed by atoms with Gasteiger partial charge >= 0.3 is 0 Å². The third-order valence-corrected chi connectivity index (χ3v) is 7.36. The van der Waals surface area contributed by atoms with Gasteiger partial charge in [0.2, 0.25) is 5.91 Å². The minimum absolute atomic E-state index is 0.0114. The van der Waals surface area contributed by atoms with E-state index in [1.54, 1.807) is 0 Å². The monoisotopic (exact) mass is 465 g/mol. The van der Waals surface area contributed by atoms with Crippen LogP contribution in [0.2, 0.25) is 0 Å². The molecule has 35 heavy (non-hydrogen) atoms. The van der Waals surface area contributed by atoms with Gasteiger partial charge in [-0.1, -0.05) is 78.4 Å². The molecule has 0 bridgehead atoms. The molecule has 0 radical (unpaired) electrons. The molecule has 1 amide bonds.